The average molecular weight is 331 g/mol. The molecule has 2 fully saturated rings. The number of ether oxygens (including phenoxy) is 1. The average Bonchev–Trinajstić information content (AvgIpc) is 3.11. The molecular weight excluding hydrogens is 306 g/mol. The van der Waals surface area contributed by atoms with Crippen LogP contribution in [-0.2, 0) is 4.79 Å². The molecule has 3 rings (SSSR count). The van der Waals surface area contributed by atoms with Crippen LogP contribution in [0.15, 0.2) is 24.3 Å². The number of hydrogen-bond acceptors (Lipinski definition) is 4. The maximum absolute atomic E-state index is 12.7. The molecule has 1 atom stereocenters. The Hall–Kier alpha value is -2.08. The number of carbonyl (C=O) groups is 2. The second-order valence-corrected chi connectivity index (χ2v) is 6.55. The quantitative estimate of drug-likeness (QED) is 0.901. The first kappa shape index (κ1) is 16.8. The number of amides is 2. The molecule has 0 saturated carbocycles. The molecule has 0 bridgehead atoms. The van der Waals surface area contributed by atoms with Crippen LogP contribution in [0.5, 0.6) is 5.75 Å². The molecule has 1 aromatic carbocycles. The molecule has 0 aliphatic carbocycles. The summed E-state index contributed by atoms with van der Waals surface area (Å²) in [5, 5.41) is 0. The highest BCUT2D eigenvalue weighted by molar-refractivity contribution is 5.94. The van der Waals surface area contributed by atoms with Crippen LogP contribution in [0.2, 0.25) is 0 Å². The van der Waals surface area contributed by atoms with Crippen molar-refractivity contribution in [3.63, 3.8) is 0 Å². The number of nitrogens with zero attached hydrogens (tertiary/aromatic N) is 2. The topological polar surface area (TPSA) is 75.9 Å². The van der Waals surface area contributed by atoms with Gasteiger partial charge in [-0.05, 0) is 50.4 Å². The van der Waals surface area contributed by atoms with Crippen molar-refractivity contribution >= 4 is 11.8 Å². The second kappa shape index (κ2) is 7.21. The lowest BCUT2D eigenvalue weighted by atomic mass is 10.0. The van der Waals surface area contributed by atoms with E-state index in [4.69, 9.17) is 10.5 Å². The zero-order valence-electron chi connectivity index (χ0n) is 14.1. The van der Waals surface area contributed by atoms with E-state index in [0.29, 0.717) is 30.4 Å². The summed E-state index contributed by atoms with van der Waals surface area (Å²) in [6.45, 7) is 2.35. The lowest BCUT2D eigenvalue weighted by molar-refractivity contribution is -0.123. The summed E-state index contributed by atoms with van der Waals surface area (Å²) in [5.41, 5.74) is 6.17. The maximum atomic E-state index is 12.7. The van der Waals surface area contributed by atoms with Crippen LogP contribution < -0.4 is 10.5 Å². The molecule has 2 saturated heterocycles. The number of rotatable bonds is 4. The van der Waals surface area contributed by atoms with Gasteiger partial charge >= 0.3 is 0 Å². The van der Waals surface area contributed by atoms with Crippen LogP contribution in [0.3, 0.4) is 0 Å². The van der Waals surface area contributed by atoms with E-state index in [1.807, 2.05) is 23.1 Å². The first-order valence-electron chi connectivity index (χ1n) is 8.58. The van der Waals surface area contributed by atoms with Gasteiger partial charge in [0.15, 0.2) is 0 Å². The molecule has 2 N–H and O–H groups in total. The van der Waals surface area contributed by atoms with Gasteiger partial charge in [-0.2, -0.15) is 0 Å². The zero-order chi connectivity index (χ0) is 17.1. The number of carbonyl (C=O) groups excluding carboxylic acids is 2. The number of likely N-dealkylation sites (tertiary alicyclic amines) is 2. The van der Waals surface area contributed by atoms with Crippen molar-refractivity contribution in [2.45, 2.75) is 37.8 Å². The van der Waals surface area contributed by atoms with Gasteiger partial charge in [0.2, 0.25) is 5.91 Å². The van der Waals surface area contributed by atoms with Gasteiger partial charge in [-0.3, -0.25) is 14.5 Å². The monoisotopic (exact) mass is 331 g/mol. The number of methoxy groups -OCH3 is 1. The van der Waals surface area contributed by atoms with Crippen LogP contribution in [0, 0.1) is 0 Å². The normalized spacial score (nSPS) is 22.5. The molecule has 2 heterocycles. The van der Waals surface area contributed by atoms with Crippen molar-refractivity contribution < 1.29 is 14.3 Å². The molecule has 2 amide bonds. The smallest absolute Gasteiger partial charge is 0.253 e. The predicted molar refractivity (Wildman–Crippen MR) is 90.8 cm³/mol. The molecule has 1 aromatic rings. The Bertz CT molecular complexity index is 611. The Balaban J connectivity index is 1.60. The van der Waals surface area contributed by atoms with E-state index in [2.05, 4.69) is 4.90 Å². The molecule has 24 heavy (non-hydrogen) atoms. The fraction of sp³-hybridized carbons (Fsp3) is 0.556. The number of benzene rings is 1. The third kappa shape index (κ3) is 3.38. The standard InChI is InChI=1S/C18H25N3O3/c1-24-15-5-2-4-13(12-15)18(23)20-10-7-14(8-11-20)21-9-3-6-16(21)17(19)22/h2,4-5,12,14,16H,3,6-11H2,1H3,(H2,19,22)/t16-/m1/s1. The van der Waals surface area contributed by atoms with E-state index in [1.165, 1.54) is 0 Å². The number of primary amides is 1. The third-order valence-electron chi connectivity index (χ3n) is 5.16. The van der Waals surface area contributed by atoms with E-state index in [0.717, 1.165) is 32.2 Å². The summed E-state index contributed by atoms with van der Waals surface area (Å²) in [7, 11) is 1.60. The largest absolute Gasteiger partial charge is 0.497 e. The Morgan fingerprint density at radius 2 is 1.92 bits per heavy atom. The van der Waals surface area contributed by atoms with Crippen LogP contribution >= 0.6 is 0 Å². The Labute approximate surface area is 142 Å². The fourth-order valence-electron chi connectivity index (χ4n) is 3.87. The Morgan fingerprint density at radius 3 is 2.58 bits per heavy atom. The summed E-state index contributed by atoms with van der Waals surface area (Å²) < 4.78 is 5.19. The van der Waals surface area contributed by atoms with E-state index >= 15 is 0 Å². The molecule has 0 spiro atoms. The van der Waals surface area contributed by atoms with E-state index < -0.39 is 0 Å². The lowest BCUT2D eigenvalue weighted by Gasteiger charge is -2.38. The van der Waals surface area contributed by atoms with E-state index in [-0.39, 0.29) is 17.9 Å². The molecule has 130 valence electrons. The van der Waals surface area contributed by atoms with Crippen LogP contribution in [-0.4, -0.2) is 60.4 Å². The van der Waals surface area contributed by atoms with Gasteiger partial charge in [0.25, 0.3) is 5.91 Å². The minimum Gasteiger partial charge on any atom is -0.497 e. The SMILES string of the molecule is COc1cccc(C(=O)N2CCC(N3CCC[C@@H]3C(N)=O)CC2)c1. The molecule has 0 aromatic heterocycles. The van der Waals surface area contributed by atoms with Gasteiger partial charge in [-0.25, -0.2) is 0 Å². The molecule has 2 aliphatic heterocycles. The van der Waals surface area contributed by atoms with Gasteiger partial charge in [-0.15, -0.1) is 0 Å². The summed E-state index contributed by atoms with van der Waals surface area (Å²) >= 11 is 0. The lowest BCUT2D eigenvalue weighted by Crippen LogP contribution is -2.51. The summed E-state index contributed by atoms with van der Waals surface area (Å²) in [6.07, 6.45) is 3.66. The van der Waals surface area contributed by atoms with Crippen molar-refractivity contribution in [1.82, 2.24) is 9.80 Å². The molecule has 6 nitrogen and oxygen atoms in total. The van der Waals surface area contributed by atoms with Gasteiger partial charge in [0.1, 0.15) is 5.75 Å². The van der Waals surface area contributed by atoms with Gasteiger partial charge < -0.3 is 15.4 Å². The van der Waals surface area contributed by atoms with E-state index in [1.54, 1.807) is 13.2 Å². The molecular formula is C18H25N3O3. The van der Waals surface area contributed by atoms with Crippen molar-refractivity contribution in [2.24, 2.45) is 5.73 Å². The third-order valence-corrected chi connectivity index (χ3v) is 5.16. The fourth-order valence-corrected chi connectivity index (χ4v) is 3.87. The van der Waals surface area contributed by atoms with Gasteiger partial charge in [-0.1, -0.05) is 6.07 Å². The summed E-state index contributed by atoms with van der Waals surface area (Å²) in [6, 6.07) is 7.48. The van der Waals surface area contributed by atoms with Crippen LogP contribution in [0.4, 0.5) is 0 Å². The molecule has 2 aliphatic rings. The first-order valence-corrected chi connectivity index (χ1v) is 8.58. The number of nitrogens with two attached hydrogens (primary N) is 1. The minimum atomic E-state index is -0.220. The highest BCUT2D eigenvalue weighted by Gasteiger charge is 2.36. The second-order valence-electron chi connectivity index (χ2n) is 6.55. The maximum Gasteiger partial charge on any atom is 0.253 e. The predicted octanol–water partition coefficient (Wildman–Crippen LogP) is 1.25. The van der Waals surface area contributed by atoms with Gasteiger partial charge in [0.05, 0.1) is 13.2 Å². The zero-order valence-corrected chi connectivity index (χ0v) is 14.1. The highest BCUT2D eigenvalue weighted by Crippen LogP contribution is 2.26. The van der Waals surface area contributed by atoms with Crippen LogP contribution in [0.1, 0.15) is 36.0 Å². The van der Waals surface area contributed by atoms with Crippen LogP contribution in [0.25, 0.3) is 0 Å². The Morgan fingerprint density at radius 1 is 1.17 bits per heavy atom. The summed E-state index contributed by atoms with van der Waals surface area (Å²) in [4.78, 5) is 28.4. The molecule has 0 unspecified atom stereocenters. The van der Waals surface area contributed by atoms with Gasteiger partial charge in [0, 0.05) is 24.7 Å². The number of hydrogen-bond donors (Lipinski definition) is 1. The van der Waals surface area contributed by atoms with Crippen molar-refractivity contribution in [2.75, 3.05) is 26.7 Å². The molecule has 0 radical (unpaired) electrons. The molecule has 6 heteroatoms. The number of piperidine rings is 1. The van der Waals surface area contributed by atoms with Crippen molar-refractivity contribution in [3.8, 4) is 5.75 Å². The first-order chi connectivity index (χ1) is 11.6. The minimum absolute atomic E-state index is 0.0419. The Kier molecular flexibility index (Phi) is 5.04. The van der Waals surface area contributed by atoms with E-state index in [9.17, 15) is 9.59 Å². The highest BCUT2D eigenvalue weighted by atomic mass is 16.5. The van der Waals surface area contributed by atoms with Crippen molar-refractivity contribution in [1.29, 1.82) is 0 Å². The van der Waals surface area contributed by atoms with Crippen molar-refractivity contribution in [3.05, 3.63) is 29.8 Å². The summed E-state index contributed by atoms with van der Waals surface area (Å²) in [5.74, 6) is 0.514.